The molecule has 146 valence electrons. The zero-order valence-corrected chi connectivity index (χ0v) is 16.4. The molecule has 0 unspecified atom stereocenters. The summed E-state index contributed by atoms with van der Waals surface area (Å²) in [5.74, 6) is 0.991. The maximum atomic E-state index is 4.88. The zero-order chi connectivity index (χ0) is 18.9. The Bertz CT molecular complexity index is 960. The molecule has 1 atom stereocenters. The van der Waals surface area contributed by atoms with Crippen molar-refractivity contribution >= 4 is 11.6 Å². The number of imidazole rings is 1. The second-order valence-corrected chi connectivity index (χ2v) is 7.81. The van der Waals surface area contributed by atoms with E-state index in [-0.39, 0.29) is 0 Å². The molecule has 1 saturated heterocycles. The van der Waals surface area contributed by atoms with Gasteiger partial charge in [0.1, 0.15) is 5.65 Å². The molecule has 7 nitrogen and oxygen atoms in total. The number of pyridine rings is 1. The maximum Gasteiger partial charge on any atom is 0.211 e. The molecule has 0 radical (unpaired) electrons. The molecule has 1 aliphatic carbocycles. The fourth-order valence-electron chi connectivity index (χ4n) is 4.51. The molecule has 0 saturated carbocycles. The fraction of sp³-hybridized carbons (Fsp3) is 0.476. The van der Waals surface area contributed by atoms with E-state index in [1.807, 2.05) is 24.5 Å². The second kappa shape index (κ2) is 7.48. The van der Waals surface area contributed by atoms with E-state index in [1.165, 1.54) is 17.7 Å². The minimum Gasteiger partial charge on any atom is -0.339 e. The summed E-state index contributed by atoms with van der Waals surface area (Å²) in [4.78, 5) is 18.9. The Hall–Kier alpha value is -2.51. The third-order valence-corrected chi connectivity index (χ3v) is 5.92. The van der Waals surface area contributed by atoms with Gasteiger partial charge in [-0.15, -0.1) is 0 Å². The predicted octanol–water partition coefficient (Wildman–Crippen LogP) is 2.04. The van der Waals surface area contributed by atoms with Crippen LogP contribution < -0.4 is 10.2 Å². The van der Waals surface area contributed by atoms with Crippen molar-refractivity contribution in [3.8, 4) is 0 Å². The van der Waals surface area contributed by atoms with Gasteiger partial charge in [-0.2, -0.15) is 0 Å². The summed E-state index contributed by atoms with van der Waals surface area (Å²) >= 11 is 0. The first-order valence-electron chi connectivity index (χ1n) is 10.2. The molecule has 28 heavy (non-hydrogen) atoms. The first kappa shape index (κ1) is 17.6. The molecule has 0 spiro atoms. The third-order valence-electron chi connectivity index (χ3n) is 5.92. The summed E-state index contributed by atoms with van der Waals surface area (Å²) in [6, 6.07) is 6.62. The fourth-order valence-corrected chi connectivity index (χ4v) is 4.51. The molecule has 0 bridgehead atoms. The van der Waals surface area contributed by atoms with E-state index in [2.05, 4.69) is 43.8 Å². The van der Waals surface area contributed by atoms with Crippen LogP contribution in [0.1, 0.15) is 35.8 Å². The minimum atomic E-state index is 0.362. The van der Waals surface area contributed by atoms with Crippen LogP contribution in [-0.2, 0) is 13.0 Å². The van der Waals surface area contributed by atoms with Crippen molar-refractivity contribution in [1.82, 2.24) is 29.6 Å². The van der Waals surface area contributed by atoms with Crippen molar-refractivity contribution in [2.75, 3.05) is 38.1 Å². The van der Waals surface area contributed by atoms with Gasteiger partial charge in [0, 0.05) is 51.3 Å². The lowest BCUT2D eigenvalue weighted by Crippen LogP contribution is -2.44. The van der Waals surface area contributed by atoms with Crippen LogP contribution in [0, 0.1) is 0 Å². The van der Waals surface area contributed by atoms with Crippen LogP contribution in [0.3, 0.4) is 0 Å². The van der Waals surface area contributed by atoms with Crippen LogP contribution in [0.25, 0.3) is 5.65 Å². The molecule has 2 aliphatic rings. The molecule has 3 aromatic rings. The molecule has 1 N–H and O–H groups in total. The molecule has 1 aliphatic heterocycles. The highest BCUT2D eigenvalue weighted by Crippen LogP contribution is 2.32. The van der Waals surface area contributed by atoms with E-state index < -0.39 is 0 Å². The lowest BCUT2D eigenvalue weighted by Gasteiger charge is -2.31. The van der Waals surface area contributed by atoms with Gasteiger partial charge < -0.3 is 10.2 Å². The third kappa shape index (κ3) is 3.25. The summed E-state index contributed by atoms with van der Waals surface area (Å²) in [6.45, 7) is 4.75. The van der Waals surface area contributed by atoms with Crippen LogP contribution in [0.4, 0.5) is 5.95 Å². The van der Waals surface area contributed by atoms with Crippen LogP contribution in [-0.4, -0.2) is 57.5 Å². The topological polar surface area (TPSA) is 61.6 Å². The normalized spacial score (nSPS) is 19.9. The van der Waals surface area contributed by atoms with E-state index in [1.54, 1.807) is 0 Å². The molecule has 0 amide bonds. The summed E-state index contributed by atoms with van der Waals surface area (Å²) in [7, 11) is 2.19. The number of nitrogens with zero attached hydrogens (tertiary/aromatic N) is 6. The number of fused-ring (bicyclic) bond motifs is 2. The lowest BCUT2D eigenvalue weighted by molar-refractivity contribution is 0.206. The molecular weight excluding hydrogens is 350 g/mol. The Morgan fingerprint density at radius 3 is 2.96 bits per heavy atom. The minimum absolute atomic E-state index is 0.362. The quantitative estimate of drug-likeness (QED) is 0.751. The molecule has 5 rings (SSSR count). The number of piperazine rings is 1. The standard InChI is InChI=1S/C21H27N7/c1-26(18-6-2-4-16-5-3-8-23-20(16)18)14-17-15-28-19(25-17)7-9-24-21(28)27-12-10-22-11-13-27/h3,5,7-9,15,18,22H,2,4,6,10-14H2,1H3/t18-/m0/s1. The second-order valence-electron chi connectivity index (χ2n) is 7.81. The predicted molar refractivity (Wildman–Crippen MR) is 109 cm³/mol. The van der Waals surface area contributed by atoms with Gasteiger partial charge in [-0.1, -0.05) is 6.07 Å². The van der Waals surface area contributed by atoms with Crippen LogP contribution in [0.2, 0.25) is 0 Å². The number of hydrogen-bond donors (Lipinski definition) is 1. The van der Waals surface area contributed by atoms with Crippen molar-refractivity contribution in [2.45, 2.75) is 31.8 Å². The van der Waals surface area contributed by atoms with Gasteiger partial charge in [0.2, 0.25) is 5.95 Å². The summed E-state index contributed by atoms with van der Waals surface area (Å²) in [6.07, 6.45) is 9.45. The molecule has 3 aromatic heterocycles. The number of hydrogen-bond acceptors (Lipinski definition) is 6. The first-order valence-corrected chi connectivity index (χ1v) is 10.2. The van der Waals surface area contributed by atoms with E-state index in [0.29, 0.717) is 6.04 Å². The van der Waals surface area contributed by atoms with Gasteiger partial charge in [0.05, 0.1) is 17.4 Å². The highest BCUT2D eigenvalue weighted by Gasteiger charge is 2.25. The van der Waals surface area contributed by atoms with Gasteiger partial charge in [0.15, 0.2) is 0 Å². The van der Waals surface area contributed by atoms with Crippen molar-refractivity contribution in [2.24, 2.45) is 0 Å². The van der Waals surface area contributed by atoms with Crippen molar-refractivity contribution in [3.63, 3.8) is 0 Å². The van der Waals surface area contributed by atoms with Gasteiger partial charge >= 0.3 is 0 Å². The first-order chi connectivity index (χ1) is 13.8. The Morgan fingerprint density at radius 1 is 1.18 bits per heavy atom. The molecule has 7 heteroatoms. The van der Waals surface area contributed by atoms with Gasteiger partial charge in [-0.05, 0) is 44.0 Å². The van der Waals surface area contributed by atoms with Gasteiger partial charge in [0.25, 0.3) is 0 Å². The molecule has 4 heterocycles. The number of nitrogens with one attached hydrogen (secondary N) is 1. The van der Waals surface area contributed by atoms with E-state index in [0.717, 1.165) is 62.9 Å². The maximum absolute atomic E-state index is 4.88. The molecular formula is C21H27N7. The Balaban J connectivity index is 1.40. The average Bonchev–Trinajstić information content (AvgIpc) is 3.16. The van der Waals surface area contributed by atoms with Crippen molar-refractivity contribution in [1.29, 1.82) is 0 Å². The summed E-state index contributed by atoms with van der Waals surface area (Å²) < 4.78 is 2.14. The number of aryl methyl sites for hydroxylation is 1. The smallest absolute Gasteiger partial charge is 0.211 e. The highest BCUT2D eigenvalue weighted by atomic mass is 15.3. The monoisotopic (exact) mass is 377 g/mol. The van der Waals surface area contributed by atoms with Crippen LogP contribution in [0.15, 0.2) is 36.8 Å². The molecule has 1 fully saturated rings. The number of rotatable bonds is 4. The number of aromatic nitrogens is 4. The van der Waals surface area contributed by atoms with Crippen molar-refractivity contribution < 1.29 is 0 Å². The van der Waals surface area contributed by atoms with Gasteiger partial charge in [-0.3, -0.25) is 14.3 Å². The Kier molecular flexibility index (Phi) is 4.70. The SMILES string of the molecule is CN(Cc1cn2c(N3CCNCC3)nccc2n1)[C@H]1CCCc2cccnc21. The average molecular weight is 377 g/mol. The van der Waals surface area contributed by atoms with E-state index in [9.17, 15) is 0 Å². The van der Waals surface area contributed by atoms with Crippen LogP contribution >= 0.6 is 0 Å². The van der Waals surface area contributed by atoms with Gasteiger partial charge in [-0.25, -0.2) is 9.97 Å². The van der Waals surface area contributed by atoms with Crippen LogP contribution in [0.5, 0.6) is 0 Å². The Morgan fingerprint density at radius 2 is 2.07 bits per heavy atom. The molecule has 0 aromatic carbocycles. The zero-order valence-electron chi connectivity index (χ0n) is 16.4. The lowest BCUT2D eigenvalue weighted by atomic mass is 9.91. The Labute approximate surface area is 165 Å². The number of anilines is 1. The van der Waals surface area contributed by atoms with Crippen molar-refractivity contribution in [3.05, 3.63) is 53.7 Å². The summed E-state index contributed by atoms with van der Waals surface area (Å²) in [5, 5.41) is 3.40. The highest BCUT2D eigenvalue weighted by molar-refractivity contribution is 5.48. The summed E-state index contributed by atoms with van der Waals surface area (Å²) in [5.41, 5.74) is 4.68. The van der Waals surface area contributed by atoms with E-state index in [4.69, 9.17) is 9.97 Å². The van der Waals surface area contributed by atoms with E-state index >= 15 is 0 Å². The largest absolute Gasteiger partial charge is 0.339 e.